The molecule has 1 aliphatic rings. The van der Waals surface area contributed by atoms with Gasteiger partial charge in [-0.3, -0.25) is 4.79 Å². The molecule has 0 fully saturated rings. The molecule has 0 heterocycles. The smallest absolute Gasteiger partial charge is 0.381 e. The molecule has 0 aromatic heterocycles. The minimum atomic E-state index is -5.12. The van der Waals surface area contributed by atoms with Crippen molar-refractivity contribution in [3.8, 4) is 5.75 Å². The fourth-order valence-corrected chi connectivity index (χ4v) is 1.38. The molecule has 0 bridgehead atoms. The van der Waals surface area contributed by atoms with Gasteiger partial charge in [-0.15, -0.1) is 0 Å². The number of hydrogen-bond donors (Lipinski definition) is 0. The average molecular weight is 264 g/mol. The highest BCUT2D eigenvalue weighted by molar-refractivity contribution is 6.03. The third kappa shape index (κ3) is 1.58. The lowest BCUT2D eigenvalue weighted by Crippen LogP contribution is -2.43. The molecule has 0 atom stereocenters. The molecule has 0 spiro atoms. The summed E-state index contributed by atoms with van der Waals surface area (Å²) in [5.74, 6) is -17.2. The summed E-state index contributed by atoms with van der Waals surface area (Å²) in [6.07, 6.45) is 0. The largest absolute Gasteiger partial charge is 0.452 e. The Bertz CT molecular complexity index is 521. The van der Waals surface area contributed by atoms with Crippen molar-refractivity contribution < 1.29 is 31.5 Å². The first-order valence-corrected chi connectivity index (χ1v) is 4.72. The van der Waals surface area contributed by atoms with Crippen LogP contribution in [0.5, 0.6) is 5.75 Å². The number of rotatable bonds is 2. The Balaban J connectivity index is 2.41. The molecule has 0 radical (unpaired) electrons. The van der Waals surface area contributed by atoms with E-state index >= 15 is 0 Å². The van der Waals surface area contributed by atoms with Crippen LogP contribution in [0.15, 0.2) is 41.9 Å². The summed E-state index contributed by atoms with van der Waals surface area (Å²) in [4.78, 5) is 10.7. The summed E-state index contributed by atoms with van der Waals surface area (Å²) in [7, 11) is 0. The van der Waals surface area contributed by atoms with E-state index in [9.17, 15) is 26.7 Å². The Morgan fingerprint density at radius 3 is 1.94 bits per heavy atom. The number of ether oxygens (including phenoxy) is 1. The number of alkyl halides is 4. The third-order valence-corrected chi connectivity index (χ3v) is 2.33. The topological polar surface area (TPSA) is 26.3 Å². The van der Waals surface area contributed by atoms with Gasteiger partial charge in [-0.05, 0) is 12.1 Å². The van der Waals surface area contributed by atoms with Crippen molar-refractivity contribution in [3.05, 3.63) is 41.9 Å². The number of Topliss-reactive ketones (excluding diaryl/α,β-unsaturated/α-hetero) is 1. The van der Waals surface area contributed by atoms with Crippen molar-refractivity contribution in [1.82, 2.24) is 0 Å². The molecule has 0 unspecified atom stereocenters. The summed E-state index contributed by atoms with van der Waals surface area (Å²) in [6, 6.07) is 6.60. The molecule has 2 rings (SSSR count). The number of benzene rings is 1. The van der Waals surface area contributed by atoms with Crippen molar-refractivity contribution in [3.63, 3.8) is 0 Å². The first-order valence-electron chi connectivity index (χ1n) is 4.72. The molecule has 0 amide bonds. The molecule has 7 heteroatoms. The summed E-state index contributed by atoms with van der Waals surface area (Å²) in [5, 5.41) is 0. The summed E-state index contributed by atoms with van der Waals surface area (Å²) in [5.41, 5.74) is 0. The standard InChI is InChI=1S/C11H5F5O2/c12-7-8(17)10(13,14)11(15,16)9(7)18-6-4-2-1-3-5-6/h1-5H. The van der Waals surface area contributed by atoms with Gasteiger partial charge in [-0.1, -0.05) is 18.2 Å². The number of allylic oxidation sites excluding steroid dienone is 2. The van der Waals surface area contributed by atoms with Gasteiger partial charge in [0.15, 0.2) is 0 Å². The molecular weight excluding hydrogens is 259 g/mol. The second-order valence-electron chi connectivity index (χ2n) is 3.54. The highest BCUT2D eigenvalue weighted by Gasteiger charge is 2.73. The highest BCUT2D eigenvalue weighted by atomic mass is 19.3. The number of ketones is 1. The Morgan fingerprint density at radius 1 is 0.944 bits per heavy atom. The zero-order valence-electron chi connectivity index (χ0n) is 8.59. The number of hydrogen-bond acceptors (Lipinski definition) is 2. The second kappa shape index (κ2) is 3.79. The van der Waals surface area contributed by atoms with Gasteiger partial charge < -0.3 is 4.74 Å². The lowest BCUT2D eigenvalue weighted by Gasteiger charge is -2.19. The predicted octanol–water partition coefficient (Wildman–Crippen LogP) is 3.10. The lowest BCUT2D eigenvalue weighted by atomic mass is 10.2. The van der Waals surface area contributed by atoms with Gasteiger partial charge in [0.25, 0.3) is 5.78 Å². The van der Waals surface area contributed by atoms with Crippen LogP contribution >= 0.6 is 0 Å². The molecule has 1 aromatic carbocycles. The van der Waals surface area contributed by atoms with Crippen LogP contribution in [0.1, 0.15) is 0 Å². The maximum Gasteiger partial charge on any atom is 0.381 e. The first kappa shape index (κ1) is 12.5. The predicted molar refractivity (Wildman–Crippen MR) is 50.1 cm³/mol. The summed E-state index contributed by atoms with van der Waals surface area (Å²) < 4.78 is 69.5. The van der Waals surface area contributed by atoms with E-state index in [1.807, 2.05) is 0 Å². The molecule has 18 heavy (non-hydrogen) atoms. The van der Waals surface area contributed by atoms with Crippen molar-refractivity contribution in [2.75, 3.05) is 0 Å². The number of halogens is 5. The van der Waals surface area contributed by atoms with E-state index < -0.39 is 29.2 Å². The van der Waals surface area contributed by atoms with E-state index in [2.05, 4.69) is 4.74 Å². The van der Waals surface area contributed by atoms with Crippen LogP contribution in [0.3, 0.4) is 0 Å². The normalized spacial score (nSPS) is 21.3. The fraction of sp³-hybridized carbons (Fsp3) is 0.182. The SMILES string of the molecule is O=C1C(F)=C(Oc2ccccc2)C(F)(F)C1(F)F. The van der Waals surface area contributed by atoms with Gasteiger partial charge in [0.1, 0.15) is 5.75 Å². The van der Waals surface area contributed by atoms with E-state index in [0.29, 0.717) is 0 Å². The van der Waals surface area contributed by atoms with Crippen LogP contribution in [0.2, 0.25) is 0 Å². The van der Waals surface area contributed by atoms with Crippen molar-refractivity contribution in [1.29, 1.82) is 0 Å². The lowest BCUT2D eigenvalue weighted by molar-refractivity contribution is -0.189. The van der Waals surface area contributed by atoms with Gasteiger partial charge in [-0.25, -0.2) is 0 Å². The van der Waals surface area contributed by atoms with E-state index in [4.69, 9.17) is 0 Å². The van der Waals surface area contributed by atoms with Crippen LogP contribution < -0.4 is 4.74 Å². The molecular formula is C11H5F5O2. The number of para-hydroxylation sites is 1. The fourth-order valence-electron chi connectivity index (χ4n) is 1.38. The van der Waals surface area contributed by atoms with Gasteiger partial charge in [0, 0.05) is 0 Å². The average Bonchev–Trinajstić information content (AvgIpc) is 2.44. The molecule has 96 valence electrons. The van der Waals surface area contributed by atoms with Crippen LogP contribution in [-0.4, -0.2) is 17.6 Å². The minimum absolute atomic E-state index is 0.271. The minimum Gasteiger partial charge on any atom is -0.452 e. The Hall–Kier alpha value is -1.92. The van der Waals surface area contributed by atoms with Crippen LogP contribution in [-0.2, 0) is 4.79 Å². The van der Waals surface area contributed by atoms with E-state index in [1.165, 1.54) is 18.2 Å². The first-order chi connectivity index (χ1) is 8.28. The van der Waals surface area contributed by atoms with Crippen molar-refractivity contribution >= 4 is 5.78 Å². The van der Waals surface area contributed by atoms with Gasteiger partial charge in [0.05, 0.1) is 0 Å². The second-order valence-corrected chi connectivity index (χ2v) is 3.54. The Labute approximate surface area is 97.7 Å². The molecule has 0 aliphatic heterocycles. The molecule has 2 nitrogen and oxygen atoms in total. The van der Waals surface area contributed by atoms with Crippen LogP contribution in [0.4, 0.5) is 22.0 Å². The number of carbonyl (C=O) groups is 1. The van der Waals surface area contributed by atoms with Gasteiger partial charge >= 0.3 is 11.8 Å². The molecule has 0 saturated heterocycles. The molecule has 0 N–H and O–H groups in total. The van der Waals surface area contributed by atoms with Crippen molar-refractivity contribution in [2.24, 2.45) is 0 Å². The molecule has 1 aliphatic carbocycles. The van der Waals surface area contributed by atoms with Gasteiger partial charge in [-0.2, -0.15) is 22.0 Å². The monoisotopic (exact) mass is 264 g/mol. The maximum atomic E-state index is 13.2. The zero-order valence-corrected chi connectivity index (χ0v) is 8.59. The maximum absolute atomic E-state index is 13.2. The Kier molecular flexibility index (Phi) is 2.64. The van der Waals surface area contributed by atoms with E-state index in [-0.39, 0.29) is 5.75 Å². The van der Waals surface area contributed by atoms with Gasteiger partial charge in [0.2, 0.25) is 11.6 Å². The van der Waals surface area contributed by atoms with Crippen LogP contribution in [0, 0.1) is 0 Å². The van der Waals surface area contributed by atoms with Crippen LogP contribution in [0.25, 0.3) is 0 Å². The highest BCUT2D eigenvalue weighted by Crippen LogP contribution is 2.49. The zero-order chi connectivity index (χ0) is 13.6. The number of carbonyl (C=O) groups excluding carboxylic acids is 1. The third-order valence-electron chi connectivity index (χ3n) is 2.33. The van der Waals surface area contributed by atoms with E-state index in [1.54, 1.807) is 0 Å². The molecule has 1 aromatic rings. The summed E-state index contributed by atoms with van der Waals surface area (Å²) in [6.45, 7) is 0. The Morgan fingerprint density at radius 2 is 1.50 bits per heavy atom. The van der Waals surface area contributed by atoms with E-state index in [0.717, 1.165) is 12.1 Å². The molecule has 0 saturated carbocycles. The van der Waals surface area contributed by atoms with Crippen molar-refractivity contribution in [2.45, 2.75) is 11.8 Å². The quantitative estimate of drug-likeness (QED) is 0.767. The summed E-state index contributed by atoms with van der Waals surface area (Å²) >= 11 is 0.